The van der Waals surface area contributed by atoms with Crippen LogP contribution in [0.25, 0.3) is 31.7 Å². The summed E-state index contributed by atoms with van der Waals surface area (Å²) in [6, 6.07) is 10.3. The van der Waals surface area contributed by atoms with Crippen LogP contribution in [0.15, 0.2) is 41.5 Å². The highest BCUT2D eigenvalue weighted by molar-refractivity contribution is 7.25. The van der Waals surface area contributed by atoms with Gasteiger partial charge in [0.05, 0.1) is 17.5 Å². The molecule has 0 atom stereocenters. The average Bonchev–Trinajstić information content (AvgIpc) is 3.19. The van der Waals surface area contributed by atoms with Crippen molar-refractivity contribution >= 4 is 31.8 Å². The van der Waals surface area contributed by atoms with Crippen molar-refractivity contribution in [2.45, 2.75) is 19.3 Å². The van der Waals surface area contributed by atoms with Crippen LogP contribution in [0.1, 0.15) is 17.5 Å². The molecule has 0 radical (unpaired) electrons. The van der Waals surface area contributed by atoms with Crippen molar-refractivity contribution < 1.29 is 0 Å². The molecule has 0 unspecified atom stereocenters. The quantitative estimate of drug-likeness (QED) is 0.582. The zero-order valence-corrected chi connectivity index (χ0v) is 13.1. The number of pyridine rings is 1. The molecule has 1 aliphatic rings. The Morgan fingerprint density at radius 3 is 2.78 bits per heavy atom. The summed E-state index contributed by atoms with van der Waals surface area (Å²) in [6.07, 6.45) is 4.71. The van der Waals surface area contributed by atoms with Crippen molar-refractivity contribution in [3.05, 3.63) is 58.1 Å². The topological polar surface area (TPSA) is 58.6 Å². The van der Waals surface area contributed by atoms with Gasteiger partial charge in [0.1, 0.15) is 9.53 Å². The van der Waals surface area contributed by atoms with E-state index in [0.717, 1.165) is 46.3 Å². The largest absolute Gasteiger partial charge is 0.312 e. The van der Waals surface area contributed by atoms with Gasteiger partial charge in [-0.1, -0.05) is 30.3 Å². The van der Waals surface area contributed by atoms with Crippen LogP contribution in [0.5, 0.6) is 0 Å². The fourth-order valence-corrected chi connectivity index (χ4v) is 4.60. The lowest BCUT2D eigenvalue weighted by Crippen LogP contribution is -2.03. The fourth-order valence-electron chi connectivity index (χ4n) is 3.54. The van der Waals surface area contributed by atoms with E-state index in [9.17, 15) is 4.79 Å². The summed E-state index contributed by atoms with van der Waals surface area (Å²) in [4.78, 5) is 25.0. The Hall–Kier alpha value is -2.53. The maximum absolute atomic E-state index is 12.1. The molecule has 4 nitrogen and oxygen atoms in total. The summed E-state index contributed by atoms with van der Waals surface area (Å²) in [7, 11) is 0. The van der Waals surface area contributed by atoms with Gasteiger partial charge in [-0.25, -0.2) is 9.97 Å². The predicted molar refractivity (Wildman–Crippen MR) is 93.0 cm³/mol. The van der Waals surface area contributed by atoms with E-state index in [-0.39, 0.29) is 5.56 Å². The van der Waals surface area contributed by atoms with Crippen molar-refractivity contribution in [3.8, 4) is 11.3 Å². The number of nitrogens with one attached hydrogen (secondary N) is 1. The Morgan fingerprint density at radius 2 is 1.91 bits per heavy atom. The van der Waals surface area contributed by atoms with Crippen molar-refractivity contribution in [1.82, 2.24) is 15.0 Å². The van der Waals surface area contributed by atoms with Gasteiger partial charge in [-0.3, -0.25) is 4.79 Å². The molecule has 23 heavy (non-hydrogen) atoms. The highest BCUT2D eigenvalue weighted by Gasteiger charge is 2.24. The molecule has 0 amide bonds. The van der Waals surface area contributed by atoms with E-state index in [4.69, 9.17) is 4.98 Å². The predicted octanol–water partition coefficient (Wildman–Crippen LogP) is 3.69. The number of fused-ring (bicyclic) bond motifs is 5. The molecule has 0 bridgehead atoms. The molecule has 5 rings (SSSR count). The third kappa shape index (κ3) is 1.80. The summed E-state index contributed by atoms with van der Waals surface area (Å²) in [5, 5.41) is 1.09. The molecule has 3 heterocycles. The number of benzene rings is 1. The molecule has 3 aromatic heterocycles. The zero-order valence-electron chi connectivity index (χ0n) is 12.3. The lowest BCUT2D eigenvalue weighted by molar-refractivity contribution is 0.913. The van der Waals surface area contributed by atoms with Gasteiger partial charge < -0.3 is 4.98 Å². The first-order chi connectivity index (χ1) is 11.3. The van der Waals surface area contributed by atoms with Crippen LogP contribution >= 0.6 is 11.3 Å². The Balaban J connectivity index is 1.95. The molecular weight excluding hydrogens is 306 g/mol. The second-order valence-electron chi connectivity index (χ2n) is 5.83. The first kappa shape index (κ1) is 13.0. The molecule has 0 aliphatic heterocycles. The number of aromatic nitrogens is 3. The first-order valence-corrected chi connectivity index (χ1v) is 8.51. The minimum absolute atomic E-state index is 0.0778. The summed E-state index contributed by atoms with van der Waals surface area (Å²) < 4.78 is 0.675. The van der Waals surface area contributed by atoms with Crippen LogP contribution in [-0.4, -0.2) is 15.0 Å². The normalized spacial score (nSPS) is 13.7. The Morgan fingerprint density at radius 1 is 1.09 bits per heavy atom. The average molecular weight is 319 g/mol. The van der Waals surface area contributed by atoms with Crippen LogP contribution in [0.4, 0.5) is 0 Å². The molecule has 0 fully saturated rings. The van der Waals surface area contributed by atoms with E-state index >= 15 is 0 Å². The Labute approximate surface area is 135 Å². The SMILES string of the molecule is O=c1[nH]cnc2c1sc1nc(-c3ccccc3)c3c(c12)CCC3. The first-order valence-electron chi connectivity index (χ1n) is 7.70. The smallest absolute Gasteiger partial charge is 0.268 e. The van der Waals surface area contributed by atoms with Crippen LogP contribution in [0.3, 0.4) is 0 Å². The molecule has 0 saturated carbocycles. The van der Waals surface area contributed by atoms with Gasteiger partial charge in [-0.2, -0.15) is 0 Å². The van der Waals surface area contributed by atoms with E-state index < -0.39 is 0 Å². The minimum atomic E-state index is -0.0778. The third-order valence-corrected chi connectivity index (χ3v) is 5.60. The van der Waals surface area contributed by atoms with Gasteiger partial charge in [0, 0.05) is 10.9 Å². The maximum Gasteiger partial charge on any atom is 0.268 e. The van der Waals surface area contributed by atoms with Crippen LogP contribution in [0.2, 0.25) is 0 Å². The fraction of sp³-hybridized carbons (Fsp3) is 0.167. The summed E-state index contributed by atoms with van der Waals surface area (Å²) in [5.41, 5.74) is 5.59. The van der Waals surface area contributed by atoms with Crippen molar-refractivity contribution in [3.63, 3.8) is 0 Å². The van der Waals surface area contributed by atoms with Gasteiger partial charge in [-0.15, -0.1) is 11.3 Å². The Bertz CT molecular complexity index is 1110. The highest BCUT2D eigenvalue weighted by Crippen LogP contribution is 2.40. The number of hydrogen-bond acceptors (Lipinski definition) is 4. The second-order valence-corrected chi connectivity index (χ2v) is 6.83. The Kier molecular flexibility index (Phi) is 2.67. The number of rotatable bonds is 1. The van der Waals surface area contributed by atoms with Crippen LogP contribution in [-0.2, 0) is 12.8 Å². The third-order valence-electron chi connectivity index (χ3n) is 4.53. The van der Waals surface area contributed by atoms with Crippen molar-refractivity contribution in [2.75, 3.05) is 0 Å². The number of aryl methyl sites for hydroxylation is 1. The molecule has 5 heteroatoms. The molecule has 112 valence electrons. The lowest BCUT2D eigenvalue weighted by Gasteiger charge is -2.09. The number of nitrogens with zero attached hydrogens (tertiary/aromatic N) is 2. The van der Waals surface area contributed by atoms with Gasteiger partial charge in [-0.05, 0) is 30.4 Å². The monoisotopic (exact) mass is 319 g/mol. The summed E-state index contributed by atoms with van der Waals surface area (Å²) in [6.45, 7) is 0. The minimum Gasteiger partial charge on any atom is -0.312 e. The van der Waals surface area contributed by atoms with E-state index in [1.165, 1.54) is 28.8 Å². The van der Waals surface area contributed by atoms with E-state index in [1.807, 2.05) is 18.2 Å². The van der Waals surface area contributed by atoms with Crippen LogP contribution < -0.4 is 5.56 Å². The molecule has 4 aromatic rings. The molecule has 1 aromatic carbocycles. The lowest BCUT2D eigenvalue weighted by atomic mass is 10.0. The van der Waals surface area contributed by atoms with Gasteiger partial charge in [0.2, 0.25) is 0 Å². The number of hydrogen-bond donors (Lipinski definition) is 1. The van der Waals surface area contributed by atoms with Crippen molar-refractivity contribution in [1.29, 1.82) is 0 Å². The number of H-pyrrole nitrogens is 1. The maximum atomic E-state index is 12.1. The van der Waals surface area contributed by atoms with Gasteiger partial charge in [0.25, 0.3) is 5.56 Å². The number of thiophene rings is 1. The second kappa shape index (κ2) is 4.73. The highest BCUT2D eigenvalue weighted by atomic mass is 32.1. The van der Waals surface area contributed by atoms with E-state index in [2.05, 4.69) is 22.1 Å². The van der Waals surface area contributed by atoms with Gasteiger partial charge in [0.15, 0.2) is 0 Å². The molecule has 1 N–H and O–H groups in total. The molecule has 0 spiro atoms. The van der Waals surface area contributed by atoms with Crippen LogP contribution in [0, 0.1) is 0 Å². The van der Waals surface area contributed by atoms with Crippen molar-refractivity contribution in [2.24, 2.45) is 0 Å². The molecule has 0 saturated heterocycles. The zero-order chi connectivity index (χ0) is 15.4. The van der Waals surface area contributed by atoms with Gasteiger partial charge >= 0.3 is 0 Å². The summed E-state index contributed by atoms with van der Waals surface area (Å²) >= 11 is 1.45. The standard InChI is InChI=1S/C18H13N3OS/c22-17-16-15(19-9-20-17)13-11-7-4-8-12(11)14(21-18(13)23-16)10-5-2-1-3-6-10/h1-3,5-6,9H,4,7-8H2,(H,19,20,22). The molecular formula is C18H13N3OS. The molecule has 1 aliphatic carbocycles. The van der Waals surface area contributed by atoms with E-state index in [0.29, 0.717) is 4.70 Å². The number of aromatic amines is 1. The van der Waals surface area contributed by atoms with E-state index in [1.54, 1.807) is 0 Å². The summed E-state index contributed by atoms with van der Waals surface area (Å²) in [5.74, 6) is 0.